The molecule has 2 aromatic rings. The summed E-state index contributed by atoms with van der Waals surface area (Å²) in [7, 11) is 0. The van der Waals surface area contributed by atoms with Crippen molar-refractivity contribution in [3.8, 4) is 11.1 Å². The van der Waals surface area contributed by atoms with Crippen LogP contribution in [0.5, 0.6) is 0 Å². The van der Waals surface area contributed by atoms with E-state index >= 15 is 0 Å². The molecule has 180 valence electrons. The average Bonchev–Trinajstić information content (AvgIpc) is 3.39. The van der Waals surface area contributed by atoms with Crippen molar-refractivity contribution in [3.05, 3.63) is 59.7 Å². The van der Waals surface area contributed by atoms with Crippen molar-refractivity contribution < 1.29 is 24.2 Å². The van der Waals surface area contributed by atoms with Crippen LogP contribution in [0.1, 0.15) is 68.9 Å². The number of rotatable bonds is 9. The van der Waals surface area contributed by atoms with E-state index in [2.05, 4.69) is 34.9 Å². The van der Waals surface area contributed by atoms with E-state index in [0.717, 1.165) is 35.1 Å². The molecule has 4 rings (SSSR count). The zero-order chi connectivity index (χ0) is 24.1. The largest absolute Gasteiger partial charge is 0.481 e. The third-order valence-electron chi connectivity index (χ3n) is 7.05. The molecule has 0 saturated heterocycles. The van der Waals surface area contributed by atoms with Gasteiger partial charge in [-0.25, -0.2) is 4.79 Å². The van der Waals surface area contributed by atoms with Crippen LogP contribution in [0.2, 0.25) is 0 Å². The summed E-state index contributed by atoms with van der Waals surface area (Å²) in [5, 5.41) is 15.0. The van der Waals surface area contributed by atoms with Gasteiger partial charge in [0, 0.05) is 18.4 Å². The maximum atomic E-state index is 12.7. The molecule has 7 nitrogen and oxygen atoms in total. The molecule has 2 aliphatic carbocycles. The van der Waals surface area contributed by atoms with Crippen molar-refractivity contribution in [2.75, 3.05) is 6.61 Å². The number of nitrogens with one attached hydrogen (secondary N) is 2. The van der Waals surface area contributed by atoms with Crippen molar-refractivity contribution in [2.24, 2.45) is 0 Å². The van der Waals surface area contributed by atoms with Gasteiger partial charge >= 0.3 is 12.1 Å². The maximum absolute atomic E-state index is 12.7. The van der Waals surface area contributed by atoms with Gasteiger partial charge in [0.25, 0.3) is 0 Å². The summed E-state index contributed by atoms with van der Waals surface area (Å²) in [6, 6.07) is 15.9. The molecule has 7 heteroatoms. The van der Waals surface area contributed by atoms with Gasteiger partial charge in [0.15, 0.2) is 0 Å². The number of carboxylic acids is 1. The number of ether oxygens (including phenoxy) is 1. The number of alkyl carbamates (subject to hydrolysis) is 1. The molecule has 1 fully saturated rings. The summed E-state index contributed by atoms with van der Waals surface area (Å²) in [5.74, 6) is -1.18. The number of carbonyl (C=O) groups is 3. The van der Waals surface area contributed by atoms with Crippen molar-refractivity contribution >= 4 is 18.0 Å². The summed E-state index contributed by atoms with van der Waals surface area (Å²) < 4.78 is 5.60. The second-order valence-corrected chi connectivity index (χ2v) is 9.39. The molecule has 1 atom stereocenters. The minimum Gasteiger partial charge on any atom is -0.481 e. The Hall–Kier alpha value is -3.35. The fraction of sp³-hybridized carbons (Fsp3) is 0.444. The van der Waals surface area contributed by atoms with Gasteiger partial charge in [-0.2, -0.15) is 0 Å². The molecule has 1 saturated carbocycles. The Balaban J connectivity index is 1.33. The maximum Gasteiger partial charge on any atom is 0.407 e. The molecule has 0 aromatic heterocycles. The molecule has 2 aliphatic rings. The first-order chi connectivity index (χ1) is 16.4. The molecule has 0 bridgehead atoms. The monoisotopic (exact) mass is 464 g/mol. The van der Waals surface area contributed by atoms with E-state index in [1.54, 1.807) is 0 Å². The van der Waals surface area contributed by atoms with Gasteiger partial charge in [-0.05, 0) is 41.5 Å². The first kappa shape index (κ1) is 23.8. The SMILES string of the molecule is CC[C@@H](CC(=O)NC1(CC(=O)O)CCCC1)NC(=O)OCC1c2ccccc2-c2ccccc21. The zero-order valence-electron chi connectivity index (χ0n) is 19.5. The van der Waals surface area contributed by atoms with Crippen LogP contribution >= 0.6 is 0 Å². The number of carboxylic acid groups (broad SMARTS) is 1. The lowest BCUT2D eigenvalue weighted by atomic mass is 9.92. The first-order valence-corrected chi connectivity index (χ1v) is 12.0. The summed E-state index contributed by atoms with van der Waals surface area (Å²) in [6.07, 6.45) is 3.16. The summed E-state index contributed by atoms with van der Waals surface area (Å²) in [5.41, 5.74) is 3.94. The third kappa shape index (κ3) is 5.24. The molecular formula is C27H32N2O5. The first-order valence-electron chi connectivity index (χ1n) is 12.0. The number of carbonyl (C=O) groups excluding carboxylic acids is 2. The summed E-state index contributed by atoms with van der Waals surface area (Å²) >= 11 is 0. The van der Waals surface area contributed by atoms with Crippen LogP contribution in [0.15, 0.2) is 48.5 Å². The molecule has 0 radical (unpaired) electrons. The van der Waals surface area contributed by atoms with Crippen LogP contribution < -0.4 is 10.6 Å². The van der Waals surface area contributed by atoms with Crippen molar-refractivity contribution in [2.45, 2.75) is 69.4 Å². The molecule has 3 N–H and O–H groups in total. The van der Waals surface area contributed by atoms with Crippen molar-refractivity contribution in [1.29, 1.82) is 0 Å². The van der Waals surface area contributed by atoms with Gasteiger partial charge in [0.05, 0.1) is 12.0 Å². The topological polar surface area (TPSA) is 105 Å². The second kappa shape index (κ2) is 10.3. The van der Waals surface area contributed by atoms with E-state index in [1.165, 1.54) is 0 Å². The lowest BCUT2D eigenvalue weighted by Gasteiger charge is -2.29. The van der Waals surface area contributed by atoms with Crippen molar-refractivity contribution in [3.63, 3.8) is 0 Å². The Morgan fingerprint density at radius 2 is 1.62 bits per heavy atom. The number of benzene rings is 2. The van der Waals surface area contributed by atoms with Gasteiger partial charge in [-0.15, -0.1) is 0 Å². The Bertz CT molecular complexity index is 1010. The number of hydrogen-bond donors (Lipinski definition) is 3. The van der Waals surface area contributed by atoms with Crippen LogP contribution in [0, 0.1) is 0 Å². The number of amides is 2. The molecular weight excluding hydrogens is 432 g/mol. The fourth-order valence-electron chi connectivity index (χ4n) is 5.36. The normalized spacial score (nSPS) is 16.9. The molecule has 0 heterocycles. The van der Waals surface area contributed by atoms with Crippen LogP contribution in [0.3, 0.4) is 0 Å². The molecule has 2 aromatic carbocycles. The lowest BCUT2D eigenvalue weighted by Crippen LogP contribution is -2.49. The Kier molecular flexibility index (Phi) is 7.20. The number of hydrogen-bond acceptors (Lipinski definition) is 4. The fourth-order valence-corrected chi connectivity index (χ4v) is 5.36. The predicted molar refractivity (Wildman–Crippen MR) is 128 cm³/mol. The average molecular weight is 465 g/mol. The van der Waals surface area contributed by atoms with E-state index in [0.29, 0.717) is 19.3 Å². The lowest BCUT2D eigenvalue weighted by molar-refractivity contribution is -0.139. The molecule has 34 heavy (non-hydrogen) atoms. The minimum atomic E-state index is -0.911. The quantitative estimate of drug-likeness (QED) is 0.503. The van der Waals surface area contributed by atoms with E-state index < -0.39 is 17.6 Å². The zero-order valence-corrected chi connectivity index (χ0v) is 19.5. The van der Waals surface area contributed by atoms with E-state index in [-0.39, 0.29) is 37.3 Å². The smallest absolute Gasteiger partial charge is 0.407 e. The van der Waals surface area contributed by atoms with E-state index in [4.69, 9.17) is 4.74 Å². The van der Waals surface area contributed by atoms with Crippen LogP contribution in [0.4, 0.5) is 4.79 Å². The Morgan fingerprint density at radius 1 is 1.03 bits per heavy atom. The standard InChI is InChI=1S/C27H32N2O5/c1-2-18(15-24(30)29-27(16-25(31)32)13-7-8-14-27)28-26(33)34-17-23-21-11-5-3-9-19(21)20-10-4-6-12-22(20)23/h3-6,9-12,18,23H,2,7-8,13-17H2,1H3,(H,28,33)(H,29,30)(H,31,32)/t18-/m0/s1. The highest BCUT2D eigenvalue weighted by molar-refractivity contribution is 5.80. The van der Waals surface area contributed by atoms with Gasteiger partial charge in [0.1, 0.15) is 6.61 Å². The molecule has 0 aliphatic heterocycles. The minimum absolute atomic E-state index is 0.0280. The highest BCUT2D eigenvalue weighted by atomic mass is 16.5. The van der Waals surface area contributed by atoms with Crippen LogP contribution in [0.25, 0.3) is 11.1 Å². The van der Waals surface area contributed by atoms with Crippen LogP contribution in [-0.4, -0.2) is 41.3 Å². The highest BCUT2D eigenvalue weighted by Gasteiger charge is 2.37. The summed E-state index contributed by atoms with van der Waals surface area (Å²) in [4.78, 5) is 36.5. The van der Waals surface area contributed by atoms with Gasteiger partial charge in [-0.1, -0.05) is 68.3 Å². The molecule has 2 amide bonds. The number of fused-ring (bicyclic) bond motifs is 3. The van der Waals surface area contributed by atoms with Gasteiger partial charge < -0.3 is 20.5 Å². The highest BCUT2D eigenvalue weighted by Crippen LogP contribution is 2.44. The Labute approximate surface area is 199 Å². The van der Waals surface area contributed by atoms with E-state index in [1.807, 2.05) is 31.2 Å². The van der Waals surface area contributed by atoms with Crippen LogP contribution in [-0.2, 0) is 14.3 Å². The van der Waals surface area contributed by atoms with Gasteiger partial charge in [0.2, 0.25) is 5.91 Å². The third-order valence-corrected chi connectivity index (χ3v) is 7.05. The molecule has 0 unspecified atom stereocenters. The number of aliphatic carboxylic acids is 1. The van der Waals surface area contributed by atoms with Gasteiger partial charge in [-0.3, -0.25) is 9.59 Å². The molecule has 0 spiro atoms. The van der Waals surface area contributed by atoms with E-state index in [9.17, 15) is 19.5 Å². The predicted octanol–water partition coefficient (Wildman–Crippen LogP) is 4.60. The Morgan fingerprint density at radius 3 is 2.18 bits per heavy atom. The second-order valence-electron chi connectivity index (χ2n) is 9.39. The summed E-state index contributed by atoms with van der Waals surface area (Å²) in [6.45, 7) is 2.11. The van der Waals surface area contributed by atoms with Crippen molar-refractivity contribution in [1.82, 2.24) is 10.6 Å².